The number of ether oxygens (including phenoxy) is 2. The average Bonchev–Trinajstić information content (AvgIpc) is 3.40. The van der Waals surface area contributed by atoms with Crippen molar-refractivity contribution in [2.24, 2.45) is 0 Å². The molecule has 1 aliphatic rings. The predicted octanol–water partition coefficient (Wildman–Crippen LogP) is 6.57. The van der Waals surface area contributed by atoms with Crippen LogP contribution in [0.2, 0.25) is 0 Å². The number of hydrogen-bond donors (Lipinski definition) is 1. The lowest BCUT2D eigenvalue weighted by Gasteiger charge is -2.42. The summed E-state index contributed by atoms with van der Waals surface area (Å²) in [6, 6.07) is 25.5. The van der Waals surface area contributed by atoms with E-state index >= 15 is 0 Å². The van der Waals surface area contributed by atoms with E-state index in [1.165, 1.54) is 23.5 Å². The summed E-state index contributed by atoms with van der Waals surface area (Å²) in [6.45, 7) is 0.189. The first-order valence-electron chi connectivity index (χ1n) is 13.0. The van der Waals surface area contributed by atoms with Gasteiger partial charge in [0.05, 0.1) is 36.4 Å². The fourth-order valence-corrected chi connectivity index (χ4v) is 6.17. The molecular weight excluding hydrogens is 541 g/mol. The maximum absolute atomic E-state index is 14.2. The van der Waals surface area contributed by atoms with E-state index in [2.05, 4.69) is 10.3 Å². The van der Waals surface area contributed by atoms with Gasteiger partial charge in [-0.3, -0.25) is 9.59 Å². The largest absolute Gasteiger partial charge is 0.497 e. The first-order chi connectivity index (χ1) is 19.9. The zero-order valence-electron chi connectivity index (χ0n) is 22.3. The van der Waals surface area contributed by atoms with Crippen molar-refractivity contribution in [2.45, 2.75) is 18.5 Å². The Labute approximate surface area is 240 Å². The van der Waals surface area contributed by atoms with Gasteiger partial charge in [0.2, 0.25) is 5.91 Å². The first kappa shape index (κ1) is 26.5. The van der Waals surface area contributed by atoms with Crippen LogP contribution >= 0.6 is 11.3 Å². The molecule has 0 saturated carbocycles. The Balaban J connectivity index is 1.44. The number of halogens is 1. The van der Waals surface area contributed by atoms with Crippen molar-refractivity contribution in [3.63, 3.8) is 0 Å². The van der Waals surface area contributed by atoms with Gasteiger partial charge in [0.15, 0.2) is 5.13 Å². The zero-order chi connectivity index (χ0) is 28.5. The molecule has 5 aromatic rings. The fourth-order valence-electron chi connectivity index (χ4n) is 5.28. The van der Waals surface area contributed by atoms with Gasteiger partial charge in [0, 0.05) is 12.1 Å². The third kappa shape index (κ3) is 5.12. The van der Waals surface area contributed by atoms with Crippen molar-refractivity contribution in [1.82, 2.24) is 9.88 Å². The molecule has 2 amide bonds. The molecule has 7 nitrogen and oxygen atoms in total. The number of benzene rings is 4. The van der Waals surface area contributed by atoms with Gasteiger partial charge >= 0.3 is 0 Å². The number of hydrogen-bond acceptors (Lipinski definition) is 6. The lowest BCUT2D eigenvalue weighted by Crippen LogP contribution is -2.45. The highest BCUT2D eigenvalue weighted by atomic mass is 32.1. The van der Waals surface area contributed by atoms with Crippen LogP contribution in [-0.4, -0.2) is 35.9 Å². The number of aromatic nitrogens is 1. The molecule has 0 fully saturated rings. The van der Waals surface area contributed by atoms with E-state index in [0.29, 0.717) is 27.8 Å². The normalized spacial score (nSPS) is 16.4. The molecule has 6 rings (SSSR count). The number of rotatable bonds is 7. The Hall–Kier alpha value is -4.76. The van der Waals surface area contributed by atoms with Crippen LogP contribution in [0.5, 0.6) is 11.5 Å². The van der Waals surface area contributed by atoms with Gasteiger partial charge < -0.3 is 19.7 Å². The van der Waals surface area contributed by atoms with Crippen LogP contribution in [0.15, 0.2) is 91.0 Å². The summed E-state index contributed by atoms with van der Waals surface area (Å²) >= 11 is 1.35. The van der Waals surface area contributed by atoms with E-state index in [0.717, 1.165) is 21.3 Å². The van der Waals surface area contributed by atoms with E-state index < -0.39 is 12.0 Å². The van der Waals surface area contributed by atoms with Gasteiger partial charge in [-0.2, -0.15) is 0 Å². The number of carbonyl (C=O) groups is 2. The van der Waals surface area contributed by atoms with Crippen LogP contribution in [0.4, 0.5) is 9.52 Å². The minimum atomic E-state index is -0.751. The van der Waals surface area contributed by atoms with Crippen LogP contribution in [0.3, 0.4) is 0 Å². The Morgan fingerprint density at radius 1 is 0.951 bits per heavy atom. The third-order valence-corrected chi connectivity index (χ3v) is 8.20. The van der Waals surface area contributed by atoms with Gasteiger partial charge in [-0.05, 0) is 65.2 Å². The molecule has 41 heavy (non-hydrogen) atoms. The highest BCUT2D eigenvalue weighted by molar-refractivity contribution is 7.22. The van der Waals surface area contributed by atoms with Crippen LogP contribution < -0.4 is 14.8 Å². The summed E-state index contributed by atoms with van der Waals surface area (Å²) < 4.78 is 25.3. The van der Waals surface area contributed by atoms with E-state index in [1.807, 2.05) is 54.6 Å². The molecule has 0 spiro atoms. The van der Waals surface area contributed by atoms with Crippen molar-refractivity contribution < 1.29 is 23.5 Å². The fraction of sp³-hybridized carbons (Fsp3) is 0.156. The molecule has 0 unspecified atom stereocenters. The molecule has 4 aromatic carbocycles. The molecule has 1 aliphatic heterocycles. The van der Waals surface area contributed by atoms with Crippen molar-refractivity contribution >= 4 is 38.5 Å². The zero-order valence-corrected chi connectivity index (χ0v) is 23.2. The second-order valence-corrected chi connectivity index (χ2v) is 10.7. The van der Waals surface area contributed by atoms with Crippen LogP contribution in [-0.2, 0) is 11.3 Å². The minimum absolute atomic E-state index is 0.189. The van der Waals surface area contributed by atoms with E-state index in [-0.39, 0.29) is 24.2 Å². The molecule has 9 heteroatoms. The topological polar surface area (TPSA) is 80.8 Å². The highest BCUT2D eigenvalue weighted by Gasteiger charge is 2.44. The van der Waals surface area contributed by atoms with Gasteiger partial charge in [0.25, 0.3) is 5.91 Å². The van der Waals surface area contributed by atoms with Gasteiger partial charge in [-0.25, -0.2) is 9.37 Å². The summed E-state index contributed by atoms with van der Waals surface area (Å²) in [5.74, 6) is -0.245. The van der Waals surface area contributed by atoms with Gasteiger partial charge in [-0.15, -0.1) is 0 Å². The molecular formula is C32H26FN3O4S. The van der Waals surface area contributed by atoms with E-state index in [9.17, 15) is 14.0 Å². The van der Waals surface area contributed by atoms with E-state index in [4.69, 9.17) is 9.47 Å². The summed E-state index contributed by atoms with van der Waals surface area (Å²) in [5, 5.41) is 3.47. The number of amides is 2. The highest BCUT2D eigenvalue weighted by Crippen LogP contribution is 2.44. The molecule has 0 bridgehead atoms. The molecule has 0 radical (unpaired) electrons. The van der Waals surface area contributed by atoms with Gasteiger partial charge in [-0.1, -0.05) is 53.8 Å². The van der Waals surface area contributed by atoms with Crippen molar-refractivity contribution in [2.75, 3.05) is 19.5 Å². The minimum Gasteiger partial charge on any atom is -0.497 e. The average molecular weight is 568 g/mol. The molecule has 1 N–H and O–H groups in total. The molecule has 2 atom stereocenters. The summed E-state index contributed by atoms with van der Waals surface area (Å²) in [5.41, 5.74) is 3.35. The number of thiazole rings is 1. The number of nitrogens with one attached hydrogen (secondary N) is 1. The van der Waals surface area contributed by atoms with E-state index in [1.54, 1.807) is 43.4 Å². The standard InChI is InChI=1S/C32H26FN3O4S/c1-39-22-13-9-20(10-14-22)29-28(30(37)35-32-34-26-16-15-23(40-2)17-27(26)41-32)24-5-3-4-6-25(24)31(38)36(29)18-19-7-11-21(33)12-8-19/h3-17,28-29H,18H2,1-2H3,(H,34,35,37)/t28-,29-/m0/s1. The number of carbonyl (C=O) groups excluding carboxylic acids is 2. The van der Waals surface area contributed by atoms with Gasteiger partial charge in [0.1, 0.15) is 17.3 Å². The number of fused-ring (bicyclic) bond motifs is 2. The maximum atomic E-state index is 14.2. The molecule has 0 aliphatic carbocycles. The molecule has 1 aromatic heterocycles. The second-order valence-electron chi connectivity index (χ2n) is 9.68. The summed E-state index contributed by atoms with van der Waals surface area (Å²) in [7, 11) is 3.18. The molecule has 206 valence electrons. The number of nitrogens with zero attached hydrogens (tertiary/aromatic N) is 2. The maximum Gasteiger partial charge on any atom is 0.255 e. The monoisotopic (exact) mass is 567 g/mol. The second kappa shape index (κ2) is 11.0. The predicted molar refractivity (Wildman–Crippen MR) is 156 cm³/mol. The summed E-state index contributed by atoms with van der Waals surface area (Å²) in [4.78, 5) is 34.5. The Kier molecular flexibility index (Phi) is 7.11. The smallest absolute Gasteiger partial charge is 0.255 e. The Morgan fingerprint density at radius 3 is 2.39 bits per heavy atom. The SMILES string of the molecule is COc1ccc([C@H]2[C@@H](C(=O)Nc3nc4ccc(OC)cc4s3)c3ccccc3C(=O)N2Cc2ccc(F)cc2)cc1. The molecule has 0 saturated heterocycles. The number of anilines is 1. The van der Waals surface area contributed by atoms with Crippen molar-refractivity contribution in [3.8, 4) is 11.5 Å². The quantitative estimate of drug-likeness (QED) is 0.241. The first-order valence-corrected chi connectivity index (χ1v) is 13.8. The van der Waals surface area contributed by atoms with Crippen LogP contribution in [0.1, 0.15) is 39.0 Å². The van der Waals surface area contributed by atoms with Crippen LogP contribution in [0.25, 0.3) is 10.2 Å². The molecule has 2 heterocycles. The Bertz CT molecular complexity index is 1740. The third-order valence-electron chi connectivity index (χ3n) is 7.27. The summed E-state index contributed by atoms with van der Waals surface area (Å²) in [6.07, 6.45) is 0. The van der Waals surface area contributed by atoms with Crippen molar-refractivity contribution in [1.29, 1.82) is 0 Å². The van der Waals surface area contributed by atoms with Crippen molar-refractivity contribution in [3.05, 3.63) is 119 Å². The van der Waals surface area contributed by atoms with Crippen LogP contribution in [0, 0.1) is 5.82 Å². The lowest BCUT2D eigenvalue weighted by atomic mass is 9.79. The lowest BCUT2D eigenvalue weighted by molar-refractivity contribution is -0.119. The Morgan fingerprint density at radius 2 is 1.66 bits per heavy atom. The number of methoxy groups -OCH3 is 2.